The molecule has 0 fully saturated rings. The maximum absolute atomic E-state index is 13.0. The van der Waals surface area contributed by atoms with Crippen molar-refractivity contribution in [3.05, 3.63) is 35.9 Å². The number of carbonyl (C=O) groups is 4. The number of esters is 1. The molecule has 9 heteroatoms. The maximum atomic E-state index is 13.0. The van der Waals surface area contributed by atoms with E-state index in [0.717, 1.165) is 5.56 Å². The molecule has 0 radical (unpaired) electrons. The molecule has 0 heterocycles. The third-order valence-electron chi connectivity index (χ3n) is 4.28. The number of amides is 3. The van der Waals surface area contributed by atoms with Crippen LogP contribution in [0.15, 0.2) is 30.3 Å². The van der Waals surface area contributed by atoms with Crippen LogP contribution in [0.4, 0.5) is 4.79 Å². The Bertz CT molecular complexity index is 796. The average Bonchev–Trinajstić information content (AvgIpc) is 2.67. The highest BCUT2D eigenvalue weighted by atomic mass is 16.6. The number of rotatable bonds is 8. The van der Waals surface area contributed by atoms with Gasteiger partial charge in [-0.1, -0.05) is 51.1 Å². The summed E-state index contributed by atoms with van der Waals surface area (Å²) in [4.78, 5) is 49.9. The smallest absolute Gasteiger partial charge is 0.408 e. The lowest BCUT2D eigenvalue weighted by Gasteiger charge is -2.31. The van der Waals surface area contributed by atoms with Crippen LogP contribution in [0.2, 0.25) is 0 Å². The summed E-state index contributed by atoms with van der Waals surface area (Å²) in [6, 6.07) is 6.89. The second kappa shape index (κ2) is 11.5. The summed E-state index contributed by atoms with van der Waals surface area (Å²) in [6.45, 7) is 10.4. The second-order valence-corrected chi connectivity index (χ2v) is 9.47. The van der Waals surface area contributed by atoms with E-state index >= 15 is 0 Å². The predicted octanol–water partition coefficient (Wildman–Crippen LogP) is 2.29. The number of alkyl carbamates (subject to hydrolysis) is 1. The van der Waals surface area contributed by atoms with Gasteiger partial charge in [-0.3, -0.25) is 14.4 Å². The van der Waals surface area contributed by atoms with E-state index in [9.17, 15) is 19.2 Å². The summed E-state index contributed by atoms with van der Waals surface area (Å²) < 4.78 is 10.5. The summed E-state index contributed by atoms with van der Waals surface area (Å²) in [7, 11) is 1.46. The van der Waals surface area contributed by atoms with Crippen molar-refractivity contribution in [3.8, 4) is 0 Å². The van der Waals surface area contributed by atoms with Crippen molar-refractivity contribution >= 4 is 23.9 Å². The SMILES string of the molecule is CNC(=O)[C@@H](NC(=O)[C@@H](CC(=O)OCc1ccccc1)NC(=O)OC(C)(C)C)C(C)(C)C. The highest BCUT2D eigenvalue weighted by molar-refractivity contribution is 5.93. The number of hydrogen-bond donors (Lipinski definition) is 3. The molecule has 3 amide bonds. The largest absolute Gasteiger partial charge is 0.461 e. The Balaban J connectivity index is 2.94. The molecule has 0 unspecified atom stereocenters. The van der Waals surface area contributed by atoms with E-state index in [4.69, 9.17) is 9.47 Å². The minimum absolute atomic E-state index is 0.0311. The van der Waals surface area contributed by atoms with E-state index in [2.05, 4.69) is 16.0 Å². The molecule has 0 saturated heterocycles. The van der Waals surface area contributed by atoms with Gasteiger partial charge in [0.25, 0.3) is 0 Å². The third-order valence-corrected chi connectivity index (χ3v) is 4.28. The first-order valence-electron chi connectivity index (χ1n) is 10.4. The van der Waals surface area contributed by atoms with E-state index in [1.807, 2.05) is 18.2 Å². The zero-order chi connectivity index (χ0) is 24.5. The molecule has 0 saturated carbocycles. The topological polar surface area (TPSA) is 123 Å². The lowest BCUT2D eigenvalue weighted by Crippen LogP contribution is -2.58. The first kappa shape index (κ1) is 26.9. The summed E-state index contributed by atoms with van der Waals surface area (Å²) in [6.07, 6.45) is -1.29. The van der Waals surface area contributed by atoms with Crippen molar-refractivity contribution in [2.45, 2.75) is 72.3 Å². The summed E-state index contributed by atoms with van der Waals surface area (Å²) >= 11 is 0. The van der Waals surface area contributed by atoms with Crippen LogP contribution in [0.25, 0.3) is 0 Å². The monoisotopic (exact) mass is 449 g/mol. The number of nitrogens with one attached hydrogen (secondary N) is 3. The molecule has 3 N–H and O–H groups in total. The minimum Gasteiger partial charge on any atom is -0.461 e. The Morgan fingerprint density at radius 2 is 1.50 bits per heavy atom. The van der Waals surface area contributed by atoms with E-state index in [0.29, 0.717) is 0 Å². The van der Waals surface area contributed by atoms with Crippen molar-refractivity contribution in [2.75, 3.05) is 7.05 Å². The minimum atomic E-state index is -1.29. The lowest BCUT2D eigenvalue weighted by molar-refractivity contribution is -0.147. The first-order chi connectivity index (χ1) is 14.7. The molecule has 1 aromatic carbocycles. The van der Waals surface area contributed by atoms with Crippen LogP contribution >= 0.6 is 0 Å². The molecule has 0 bridgehead atoms. The molecule has 0 spiro atoms. The molecule has 178 valence electrons. The zero-order valence-corrected chi connectivity index (χ0v) is 19.9. The van der Waals surface area contributed by atoms with Crippen LogP contribution in [0.1, 0.15) is 53.5 Å². The Kier molecular flexibility index (Phi) is 9.68. The lowest BCUT2D eigenvalue weighted by atomic mass is 9.86. The van der Waals surface area contributed by atoms with Gasteiger partial charge in [0.15, 0.2) is 0 Å². The normalized spacial score (nSPS) is 13.3. The van der Waals surface area contributed by atoms with Crippen molar-refractivity contribution in [3.63, 3.8) is 0 Å². The Hall–Kier alpha value is -3.10. The second-order valence-electron chi connectivity index (χ2n) is 9.47. The summed E-state index contributed by atoms with van der Waals surface area (Å²) in [5.74, 6) is -1.78. The standard InChI is InChI=1S/C23H35N3O6/c1-22(2,3)18(20(29)24-7)26-19(28)16(25-21(30)32-23(4,5)6)13-17(27)31-14-15-11-9-8-10-12-15/h8-12,16,18H,13-14H2,1-7H3,(H,24,29)(H,25,30)(H,26,28)/t16-,18-/m1/s1. The third kappa shape index (κ3) is 9.80. The van der Waals surface area contributed by atoms with Crippen molar-refractivity contribution in [1.82, 2.24) is 16.0 Å². The van der Waals surface area contributed by atoms with Crippen LogP contribution in [-0.2, 0) is 30.5 Å². The van der Waals surface area contributed by atoms with Crippen LogP contribution < -0.4 is 16.0 Å². The van der Waals surface area contributed by atoms with Gasteiger partial charge in [0, 0.05) is 7.05 Å². The molecule has 32 heavy (non-hydrogen) atoms. The molecule has 1 rings (SSSR count). The number of likely N-dealkylation sites (N-methyl/N-ethyl adjacent to an activating group) is 1. The van der Waals surface area contributed by atoms with Crippen molar-refractivity contribution in [1.29, 1.82) is 0 Å². The molecule has 1 aromatic rings. The van der Waals surface area contributed by atoms with E-state index in [1.165, 1.54) is 7.05 Å². The molecule has 2 atom stereocenters. The van der Waals surface area contributed by atoms with Gasteiger partial charge in [-0.15, -0.1) is 0 Å². The fourth-order valence-corrected chi connectivity index (χ4v) is 2.69. The quantitative estimate of drug-likeness (QED) is 0.523. The van der Waals surface area contributed by atoms with Gasteiger partial charge < -0.3 is 25.4 Å². The van der Waals surface area contributed by atoms with Crippen LogP contribution in [0.3, 0.4) is 0 Å². The number of carbonyl (C=O) groups excluding carboxylic acids is 4. The molecule has 0 aliphatic heterocycles. The summed E-state index contributed by atoms with van der Waals surface area (Å²) in [5.41, 5.74) is -0.621. The van der Waals surface area contributed by atoms with Crippen LogP contribution in [-0.4, -0.2) is 48.6 Å². The first-order valence-corrected chi connectivity index (χ1v) is 10.4. The molecule has 0 aliphatic carbocycles. The fourth-order valence-electron chi connectivity index (χ4n) is 2.69. The Labute approximate surface area is 189 Å². The predicted molar refractivity (Wildman–Crippen MR) is 119 cm³/mol. The molecule has 0 aromatic heterocycles. The van der Waals surface area contributed by atoms with E-state index in [1.54, 1.807) is 53.7 Å². The Morgan fingerprint density at radius 3 is 2.00 bits per heavy atom. The highest BCUT2D eigenvalue weighted by Crippen LogP contribution is 2.20. The van der Waals surface area contributed by atoms with Gasteiger partial charge in [-0.2, -0.15) is 0 Å². The number of benzene rings is 1. The van der Waals surface area contributed by atoms with Gasteiger partial charge in [-0.05, 0) is 31.7 Å². The van der Waals surface area contributed by atoms with Gasteiger partial charge in [0.05, 0.1) is 6.42 Å². The molecule has 0 aliphatic rings. The molecule has 9 nitrogen and oxygen atoms in total. The van der Waals surface area contributed by atoms with Crippen molar-refractivity contribution < 1.29 is 28.7 Å². The van der Waals surface area contributed by atoms with Crippen LogP contribution in [0, 0.1) is 5.41 Å². The van der Waals surface area contributed by atoms with Crippen LogP contribution in [0.5, 0.6) is 0 Å². The number of hydrogen-bond acceptors (Lipinski definition) is 6. The van der Waals surface area contributed by atoms with E-state index < -0.39 is 53.4 Å². The summed E-state index contributed by atoms with van der Waals surface area (Å²) in [5, 5.41) is 7.55. The van der Waals surface area contributed by atoms with E-state index in [-0.39, 0.29) is 6.61 Å². The highest BCUT2D eigenvalue weighted by Gasteiger charge is 2.35. The fraction of sp³-hybridized carbons (Fsp3) is 0.565. The van der Waals surface area contributed by atoms with Crippen molar-refractivity contribution in [2.24, 2.45) is 5.41 Å². The Morgan fingerprint density at radius 1 is 0.906 bits per heavy atom. The average molecular weight is 450 g/mol. The molecular formula is C23H35N3O6. The van der Waals surface area contributed by atoms with Gasteiger partial charge in [0.1, 0.15) is 24.3 Å². The zero-order valence-electron chi connectivity index (χ0n) is 19.9. The van der Waals surface area contributed by atoms with Gasteiger partial charge >= 0.3 is 12.1 Å². The number of ether oxygens (including phenoxy) is 2. The maximum Gasteiger partial charge on any atom is 0.408 e. The van der Waals surface area contributed by atoms with Gasteiger partial charge in [0.2, 0.25) is 11.8 Å². The van der Waals surface area contributed by atoms with Gasteiger partial charge in [-0.25, -0.2) is 4.79 Å². The molecular weight excluding hydrogens is 414 g/mol.